The lowest BCUT2D eigenvalue weighted by molar-refractivity contribution is -0.152. The Morgan fingerprint density at radius 2 is 2.05 bits per heavy atom. The third-order valence-electron chi connectivity index (χ3n) is 2.43. The number of nitrogens with one attached hydrogen (secondary N) is 1. The van der Waals surface area contributed by atoms with Crippen molar-refractivity contribution in [3.63, 3.8) is 0 Å². The minimum atomic E-state index is -0.976. The van der Waals surface area contributed by atoms with Gasteiger partial charge < -0.3 is 10.1 Å². The van der Waals surface area contributed by atoms with Crippen molar-refractivity contribution in [3.8, 4) is 0 Å². The van der Waals surface area contributed by atoms with E-state index >= 15 is 0 Å². The van der Waals surface area contributed by atoms with Crippen molar-refractivity contribution in [2.45, 2.75) is 31.7 Å². The van der Waals surface area contributed by atoms with Gasteiger partial charge in [-0.15, -0.1) is 0 Å². The zero-order valence-corrected chi connectivity index (χ0v) is 13.9. The van der Waals surface area contributed by atoms with Gasteiger partial charge in [-0.25, -0.2) is 9.78 Å². The average Bonchev–Trinajstić information content (AvgIpc) is 2.48. The van der Waals surface area contributed by atoms with Crippen LogP contribution in [0.25, 0.3) is 0 Å². The molecule has 0 aliphatic heterocycles. The summed E-state index contributed by atoms with van der Waals surface area (Å²) in [6.45, 7) is 3.64. The van der Waals surface area contributed by atoms with Crippen molar-refractivity contribution in [3.05, 3.63) is 17.3 Å². The molecule has 8 heteroatoms. The number of carbonyl (C=O) groups excluding carboxylic acids is 3. The van der Waals surface area contributed by atoms with Crippen LogP contribution in [0.15, 0.2) is 17.2 Å². The SMILES string of the molecule is CCCC(=O)CSc1nc(Cl)ccc1NC(=O)C(=O)OCC. The summed E-state index contributed by atoms with van der Waals surface area (Å²) < 4.78 is 4.61. The van der Waals surface area contributed by atoms with Crippen LogP contribution in [-0.2, 0) is 19.1 Å². The first kappa shape index (κ1) is 18.4. The van der Waals surface area contributed by atoms with Crippen molar-refractivity contribution in [1.29, 1.82) is 0 Å². The molecule has 0 saturated carbocycles. The van der Waals surface area contributed by atoms with E-state index in [1.807, 2.05) is 6.92 Å². The minimum absolute atomic E-state index is 0.0805. The highest BCUT2D eigenvalue weighted by Gasteiger charge is 2.18. The molecule has 0 aromatic carbocycles. The summed E-state index contributed by atoms with van der Waals surface area (Å²) in [7, 11) is 0. The molecule has 0 saturated heterocycles. The van der Waals surface area contributed by atoms with Gasteiger partial charge in [0.1, 0.15) is 16.0 Å². The number of halogens is 1. The summed E-state index contributed by atoms with van der Waals surface area (Å²) in [4.78, 5) is 38.7. The van der Waals surface area contributed by atoms with Gasteiger partial charge in [0.25, 0.3) is 0 Å². The highest BCUT2D eigenvalue weighted by Crippen LogP contribution is 2.27. The number of Topliss-reactive ketones (excluding diaryl/α,β-unsaturated/α-hetero) is 1. The molecular formula is C14H17ClN2O4S. The van der Waals surface area contributed by atoms with E-state index in [0.29, 0.717) is 17.1 Å². The quantitative estimate of drug-likeness (QED) is 0.354. The van der Waals surface area contributed by atoms with Crippen LogP contribution in [0.2, 0.25) is 5.15 Å². The zero-order valence-electron chi connectivity index (χ0n) is 12.3. The Hall–Kier alpha value is -1.60. The molecule has 0 fully saturated rings. The molecule has 6 nitrogen and oxygen atoms in total. The fourth-order valence-electron chi connectivity index (χ4n) is 1.49. The Balaban J connectivity index is 2.79. The van der Waals surface area contributed by atoms with Crippen LogP contribution >= 0.6 is 23.4 Å². The fraction of sp³-hybridized carbons (Fsp3) is 0.429. The van der Waals surface area contributed by atoms with Gasteiger partial charge in [0.05, 0.1) is 18.0 Å². The summed E-state index contributed by atoms with van der Waals surface area (Å²) in [6.07, 6.45) is 1.26. The molecule has 0 spiro atoms. The maximum atomic E-state index is 11.7. The van der Waals surface area contributed by atoms with E-state index in [0.717, 1.165) is 18.2 Å². The Bertz CT molecular complexity index is 566. The van der Waals surface area contributed by atoms with Crippen LogP contribution in [-0.4, -0.2) is 35.0 Å². The summed E-state index contributed by atoms with van der Waals surface area (Å²) in [5.41, 5.74) is 0.316. The molecule has 22 heavy (non-hydrogen) atoms. The van der Waals surface area contributed by atoms with Crippen LogP contribution in [0, 0.1) is 0 Å². The van der Waals surface area contributed by atoms with Crippen molar-refractivity contribution >= 4 is 46.7 Å². The van der Waals surface area contributed by atoms with Crippen LogP contribution in [0.5, 0.6) is 0 Å². The number of anilines is 1. The molecule has 120 valence electrons. The van der Waals surface area contributed by atoms with Gasteiger partial charge in [0.2, 0.25) is 0 Å². The standard InChI is InChI=1S/C14H17ClN2O4S/c1-3-5-9(18)8-22-13-10(6-7-11(15)17-13)16-12(19)14(20)21-4-2/h6-7H,3-5,8H2,1-2H3,(H,16,19). The first-order chi connectivity index (χ1) is 10.5. The second-order valence-corrected chi connectivity index (χ2v) is 5.59. The predicted octanol–water partition coefficient (Wildman–Crippen LogP) is 2.70. The maximum absolute atomic E-state index is 11.7. The van der Waals surface area contributed by atoms with Crippen molar-refractivity contribution in [2.24, 2.45) is 0 Å². The van der Waals surface area contributed by atoms with Crippen LogP contribution in [0.1, 0.15) is 26.7 Å². The van der Waals surface area contributed by atoms with E-state index in [-0.39, 0.29) is 23.3 Å². The second-order valence-electron chi connectivity index (χ2n) is 4.24. The number of hydrogen-bond acceptors (Lipinski definition) is 6. The first-order valence-corrected chi connectivity index (χ1v) is 8.13. The summed E-state index contributed by atoms with van der Waals surface area (Å²) in [6, 6.07) is 3.01. The number of ether oxygens (including phenoxy) is 1. The lowest BCUT2D eigenvalue weighted by Gasteiger charge is -2.09. The first-order valence-electron chi connectivity index (χ1n) is 6.77. The molecular weight excluding hydrogens is 328 g/mol. The Labute approximate surface area is 138 Å². The van der Waals surface area contributed by atoms with Crippen molar-refractivity contribution < 1.29 is 19.1 Å². The van der Waals surface area contributed by atoms with Gasteiger partial charge in [-0.05, 0) is 25.5 Å². The molecule has 0 aliphatic carbocycles. The smallest absolute Gasteiger partial charge is 0.397 e. The van der Waals surface area contributed by atoms with Crippen LogP contribution < -0.4 is 5.32 Å². The molecule has 0 atom stereocenters. The van der Waals surface area contributed by atoms with E-state index in [4.69, 9.17) is 11.6 Å². The van der Waals surface area contributed by atoms with Gasteiger partial charge in [0, 0.05) is 6.42 Å². The Morgan fingerprint density at radius 1 is 1.32 bits per heavy atom. The number of thioether (sulfide) groups is 1. The van der Waals surface area contributed by atoms with Gasteiger partial charge in [0.15, 0.2) is 0 Å². The van der Waals surface area contributed by atoms with Crippen LogP contribution in [0.4, 0.5) is 5.69 Å². The summed E-state index contributed by atoms with van der Waals surface area (Å²) in [5.74, 6) is -1.57. The van der Waals surface area contributed by atoms with Gasteiger partial charge in [-0.3, -0.25) is 9.59 Å². The number of nitrogens with zero attached hydrogens (tertiary/aromatic N) is 1. The lowest BCUT2D eigenvalue weighted by Crippen LogP contribution is -2.25. The van der Waals surface area contributed by atoms with Gasteiger partial charge >= 0.3 is 11.9 Å². The average molecular weight is 345 g/mol. The number of amides is 1. The number of pyridine rings is 1. The molecule has 0 aliphatic rings. The topological polar surface area (TPSA) is 85.4 Å². The van der Waals surface area contributed by atoms with Gasteiger partial charge in [-0.1, -0.05) is 30.3 Å². The highest BCUT2D eigenvalue weighted by atomic mass is 35.5. The van der Waals surface area contributed by atoms with Crippen LogP contribution in [0.3, 0.4) is 0 Å². The maximum Gasteiger partial charge on any atom is 0.397 e. The number of hydrogen-bond donors (Lipinski definition) is 1. The Kier molecular flexibility index (Phi) is 7.90. The molecule has 0 bridgehead atoms. The van der Waals surface area contributed by atoms with Crippen molar-refractivity contribution in [1.82, 2.24) is 4.98 Å². The zero-order chi connectivity index (χ0) is 16.5. The molecule has 1 aromatic heterocycles. The number of carbonyl (C=O) groups is 3. The number of rotatable bonds is 7. The predicted molar refractivity (Wildman–Crippen MR) is 85.1 cm³/mol. The number of ketones is 1. The largest absolute Gasteiger partial charge is 0.459 e. The minimum Gasteiger partial charge on any atom is -0.459 e. The van der Waals surface area contributed by atoms with E-state index in [1.165, 1.54) is 12.1 Å². The third-order valence-corrected chi connectivity index (χ3v) is 3.70. The molecule has 1 N–H and O–H groups in total. The third kappa shape index (κ3) is 6.03. The molecule has 1 aromatic rings. The molecule has 1 rings (SSSR count). The molecule has 0 unspecified atom stereocenters. The van der Waals surface area contributed by atoms with Crippen molar-refractivity contribution in [2.75, 3.05) is 17.7 Å². The highest BCUT2D eigenvalue weighted by molar-refractivity contribution is 8.00. The Morgan fingerprint density at radius 3 is 2.68 bits per heavy atom. The molecule has 0 radical (unpaired) electrons. The molecule has 1 amide bonds. The fourth-order valence-corrected chi connectivity index (χ4v) is 2.57. The second kappa shape index (κ2) is 9.42. The molecule has 1 heterocycles. The number of esters is 1. The lowest BCUT2D eigenvalue weighted by atomic mass is 10.3. The normalized spacial score (nSPS) is 10.1. The van der Waals surface area contributed by atoms with E-state index in [9.17, 15) is 14.4 Å². The van der Waals surface area contributed by atoms with E-state index < -0.39 is 11.9 Å². The van der Waals surface area contributed by atoms with E-state index in [2.05, 4.69) is 15.0 Å². The number of aromatic nitrogens is 1. The summed E-state index contributed by atoms with van der Waals surface area (Å²) in [5, 5.41) is 3.03. The van der Waals surface area contributed by atoms with E-state index in [1.54, 1.807) is 6.92 Å². The van der Waals surface area contributed by atoms with Gasteiger partial charge in [-0.2, -0.15) is 0 Å². The monoisotopic (exact) mass is 344 g/mol. The summed E-state index contributed by atoms with van der Waals surface area (Å²) >= 11 is 6.99.